The molecule has 122 valence electrons. The van der Waals surface area contributed by atoms with Crippen LogP contribution in [0.5, 0.6) is 5.75 Å². The van der Waals surface area contributed by atoms with Gasteiger partial charge >= 0.3 is 0 Å². The maximum Gasteiger partial charge on any atom is 0.289 e. The van der Waals surface area contributed by atoms with Crippen molar-refractivity contribution in [2.24, 2.45) is 0 Å². The smallest absolute Gasteiger partial charge is 0.289 e. The van der Waals surface area contributed by atoms with Crippen molar-refractivity contribution in [1.29, 1.82) is 0 Å². The van der Waals surface area contributed by atoms with Crippen LogP contribution in [-0.2, 0) is 0 Å². The number of nitro groups is 1. The molecule has 10 heteroatoms. The first-order valence-corrected chi connectivity index (χ1v) is 7.23. The second-order valence-electron chi connectivity index (χ2n) is 4.24. The van der Waals surface area contributed by atoms with Crippen molar-refractivity contribution in [3.63, 3.8) is 0 Å². The van der Waals surface area contributed by atoms with Crippen LogP contribution in [0, 0.1) is 10.1 Å². The summed E-state index contributed by atoms with van der Waals surface area (Å²) in [7, 11) is 0. The first-order valence-electron chi connectivity index (χ1n) is 6.09. The van der Waals surface area contributed by atoms with Crippen LogP contribution in [0.3, 0.4) is 0 Å². The highest BCUT2D eigenvalue weighted by atomic mass is 35.6. The van der Waals surface area contributed by atoms with Crippen molar-refractivity contribution < 1.29 is 18.9 Å². The largest absolute Gasteiger partial charge is 0.466 e. The van der Waals surface area contributed by atoms with Gasteiger partial charge in [-0.3, -0.25) is 14.9 Å². The lowest BCUT2D eigenvalue weighted by Gasteiger charge is -2.25. The van der Waals surface area contributed by atoms with E-state index in [4.69, 9.17) is 44.0 Å². The van der Waals surface area contributed by atoms with Gasteiger partial charge in [0.1, 0.15) is 5.75 Å². The quantitative estimate of drug-likeness (QED) is 0.370. The van der Waals surface area contributed by atoms with E-state index in [0.29, 0.717) is 0 Å². The molecule has 1 aromatic carbocycles. The number of hydrogen-bond donors (Lipinski definition) is 1. The van der Waals surface area contributed by atoms with Gasteiger partial charge in [0.05, 0.1) is 17.3 Å². The van der Waals surface area contributed by atoms with Crippen LogP contribution in [0.15, 0.2) is 47.1 Å². The van der Waals surface area contributed by atoms with Crippen LogP contribution in [0.1, 0.15) is 10.6 Å². The fraction of sp³-hybridized carbons (Fsp3) is 0.154. The number of benzene rings is 1. The Morgan fingerprint density at radius 3 is 2.61 bits per heavy atom. The molecule has 0 aliphatic heterocycles. The van der Waals surface area contributed by atoms with Crippen LogP contribution >= 0.6 is 34.8 Å². The Balaban J connectivity index is 2.18. The van der Waals surface area contributed by atoms with Crippen LogP contribution in [0.2, 0.25) is 0 Å². The zero-order chi connectivity index (χ0) is 17.0. The third-order valence-corrected chi connectivity index (χ3v) is 3.18. The predicted molar refractivity (Wildman–Crippen MR) is 84.0 cm³/mol. The van der Waals surface area contributed by atoms with E-state index in [1.165, 1.54) is 36.6 Å². The number of non-ortho nitro benzene ring substituents is 1. The number of ether oxygens (including phenoxy) is 1. The monoisotopic (exact) mass is 378 g/mol. The Kier molecular flexibility index (Phi) is 5.35. The molecule has 1 N–H and O–H groups in total. The molecule has 23 heavy (non-hydrogen) atoms. The number of nitrogens with one attached hydrogen (secondary N) is 1. The number of rotatable bonds is 5. The maximum absolute atomic E-state index is 12.0. The number of alkyl halides is 3. The minimum Gasteiger partial charge on any atom is -0.466 e. The highest BCUT2D eigenvalue weighted by Gasteiger charge is 2.37. The van der Waals surface area contributed by atoms with Crippen molar-refractivity contribution in [3.8, 4) is 5.75 Å². The molecular formula is C13H9Cl3N2O5. The van der Waals surface area contributed by atoms with Crippen molar-refractivity contribution in [2.75, 3.05) is 0 Å². The third kappa shape index (κ3) is 4.75. The first kappa shape index (κ1) is 17.4. The van der Waals surface area contributed by atoms with Crippen LogP contribution in [-0.4, -0.2) is 20.9 Å². The highest BCUT2D eigenvalue weighted by Crippen LogP contribution is 2.32. The number of carbonyl (C=O) groups excluding carboxylic acids is 1. The standard InChI is InChI=1S/C13H9Cl3N2O5/c14-13(15,16)12(17-11(19)10-5-2-6-22-10)23-9-4-1-3-8(7-9)18(20)21/h1-7,12H,(H,17,19). The van der Waals surface area contributed by atoms with E-state index in [9.17, 15) is 14.9 Å². The lowest BCUT2D eigenvalue weighted by atomic mass is 10.3. The molecule has 7 nitrogen and oxygen atoms in total. The summed E-state index contributed by atoms with van der Waals surface area (Å²) in [6, 6.07) is 8.17. The van der Waals surface area contributed by atoms with Gasteiger partial charge in [0.15, 0.2) is 5.76 Å². The maximum atomic E-state index is 12.0. The van der Waals surface area contributed by atoms with E-state index in [-0.39, 0.29) is 17.2 Å². The van der Waals surface area contributed by atoms with E-state index in [1.54, 1.807) is 0 Å². The average Bonchev–Trinajstić information content (AvgIpc) is 3.00. The number of furan rings is 1. The molecule has 0 saturated heterocycles. The molecule has 0 fully saturated rings. The molecule has 2 aromatic rings. The van der Waals surface area contributed by atoms with Crippen molar-refractivity contribution in [2.45, 2.75) is 10.0 Å². The lowest BCUT2D eigenvalue weighted by molar-refractivity contribution is -0.384. The van der Waals surface area contributed by atoms with E-state index in [2.05, 4.69) is 5.32 Å². The van der Waals surface area contributed by atoms with Gasteiger partial charge in [0.25, 0.3) is 11.6 Å². The van der Waals surface area contributed by atoms with E-state index >= 15 is 0 Å². The number of nitro benzene ring substituents is 1. The zero-order valence-corrected chi connectivity index (χ0v) is 13.5. The van der Waals surface area contributed by atoms with Crippen LogP contribution in [0.25, 0.3) is 0 Å². The van der Waals surface area contributed by atoms with Crippen molar-refractivity contribution in [1.82, 2.24) is 5.32 Å². The second-order valence-corrected chi connectivity index (χ2v) is 6.61. The Morgan fingerprint density at radius 2 is 2.04 bits per heavy atom. The lowest BCUT2D eigenvalue weighted by Crippen LogP contribution is -2.47. The van der Waals surface area contributed by atoms with Gasteiger partial charge in [-0.2, -0.15) is 0 Å². The van der Waals surface area contributed by atoms with E-state index in [1.807, 2.05) is 0 Å². The number of halogens is 3. The normalized spacial score (nSPS) is 12.5. The minimum absolute atomic E-state index is 0.00751. The molecule has 0 aliphatic rings. The summed E-state index contributed by atoms with van der Waals surface area (Å²) in [6.07, 6.45) is -0.0900. The van der Waals surface area contributed by atoms with Crippen LogP contribution < -0.4 is 10.1 Å². The Bertz CT molecular complexity index is 700. The zero-order valence-electron chi connectivity index (χ0n) is 11.2. The molecule has 1 heterocycles. The summed E-state index contributed by atoms with van der Waals surface area (Å²) in [6.45, 7) is 0. The number of hydrogen-bond acceptors (Lipinski definition) is 5. The van der Waals surface area contributed by atoms with Gasteiger partial charge < -0.3 is 14.5 Å². The third-order valence-electron chi connectivity index (χ3n) is 2.59. The Hall–Kier alpha value is -1.96. The van der Waals surface area contributed by atoms with Crippen molar-refractivity contribution >= 4 is 46.4 Å². The Labute approximate surface area is 145 Å². The molecule has 1 amide bonds. The average molecular weight is 380 g/mol. The van der Waals surface area contributed by atoms with Gasteiger partial charge in [0.2, 0.25) is 10.0 Å². The number of amides is 1. The molecule has 1 atom stereocenters. The Morgan fingerprint density at radius 1 is 1.30 bits per heavy atom. The molecule has 1 unspecified atom stereocenters. The number of nitrogens with zero attached hydrogens (tertiary/aromatic N) is 1. The highest BCUT2D eigenvalue weighted by molar-refractivity contribution is 6.68. The molecule has 1 aromatic heterocycles. The molecular weight excluding hydrogens is 371 g/mol. The topological polar surface area (TPSA) is 94.6 Å². The van der Waals surface area contributed by atoms with Crippen molar-refractivity contribution in [3.05, 3.63) is 58.5 Å². The van der Waals surface area contributed by atoms with Gasteiger partial charge in [-0.15, -0.1) is 0 Å². The molecule has 0 bridgehead atoms. The van der Waals surface area contributed by atoms with Gasteiger partial charge in [0, 0.05) is 6.07 Å². The fourth-order valence-corrected chi connectivity index (χ4v) is 1.88. The molecule has 0 saturated carbocycles. The summed E-state index contributed by atoms with van der Waals surface area (Å²) in [5.74, 6) is -0.626. The van der Waals surface area contributed by atoms with E-state index < -0.39 is 20.9 Å². The summed E-state index contributed by atoms with van der Waals surface area (Å²) in [5, 5.41) is 13.1. The van der Waals surface area contributed by atoms with Crippen LogP contribution in [0.4, 0.5) is 5.69 Å². The minimum atomic E-state index is -2.02. The second kappa shape index (κ2) is 7.08. The fourth-order valence-electron chi connectivity index (χ4n) is 1.58. The summed E-state index contributed by atoms with van der Waals surface area (Å²) < 4.78 is 8.27. The van der Waals surface area contributed by atoms with Gasteiger partial charge in [-0.1, -0.05) is 40.9 Å². The summed E-state index contributed by atoms with van der Waals surface area (Å²) in [4.78, 5) is 22.1. The molecule has 0 radical (unpaired) electrons. The van der Waals surface area contributed by atoms with Gasteiger partial charge in [-0.05, 0) is 18.2 Å². The molecule has 0 spiro atoms. The SMILES string of the molecule is O=C(NC(Oc1cccc([N+](=O)[O-])c1)C(Cl)(Cl)Cl)c1ccco1. The molecule has 2 rings (SSSR count). The van der Waals surface area contributed by atoms with Gasteiger partial charge in [-0.25, -0.2) is 0 Å². The summed E-state index contributed by atoms with van der Waals surface area (Å²) >= 11 is 17.4. The molecule has 0 aliphatic carbocycles. The number of carbonyl (C=O) groups is 1. The first-order chi connectivity index (χ1) is 10.8. The van der Waals surface area contributed by atoms with E-state index in [0.717, 1.165) is 6.07 Å². The predicted octanol–water partition coefficient (Wildman–Crippen LogP) is 3.69. The summed E-state index contributed by atoms with van der Waals surface area (Å²) in [5.41, 5.74) is -0.206.